The van der Waals surface area contributed by atoms with Gasteiger partial charge in [0.15, 0.2) is 0 Å². The number of nitrogens with two attached hydrogens (primary N) is 1. The van der Waals surface area contributed by atoms with E-state index in [-0.39, 0.29) is 0 Å². The van der Waals surface area contributed by atoms with E-state index in [0.717, 1.165) is 18.7 Å². The predicted octanol–water partition coefficient (Wildman–Crippen LogP) is 0.985. The van der Waals surface area contributed by atoms with Crippen LogP contribution in [0.4, 0.5) is 0 Å². The number of unbranched alkanes of at least 4 members (excludes halogenated alkanes) is 1. The Morgan fingerprint density at radius 2 is 2.43 bits per heavy atom. The SMILES string of the molecule is CCCCC(Cc1nccn1C)NN. The highest BCUT2D eigenvalue weighted by atomic mass is 15.2. The standard InChI is InChI=1S/C10H20N4/c1-3-4-5-9(13-11)8-10-12-6-7-14(10)2/h6-7,9,13H,3-5,8,11H2,1-2H3. The molecule has 0 aromatic carbocycles. The lowest BCUT2D eigenvalue weighted by Crippen LogP contribution is -2.37. The van der Waals surface area contributed by atoms with Crippen LogP contribution >= 0.6 is 0 Å². The van der Waals surface area contributed by atoms with Crippen LogP contribution in [0.2, 0.25) is 0 Å². The van der Waals surface area contributed by atoms with E-state index < -0.39 is 0 Å². The molecule has 0 aliphatic heterocycles. The molecular weight excluding hydrogens is 176 g/mol. The van der Waals surface area contributed by atoms with Gasteiger partial charge in [0.05, 0.1) is 0 Å². The van der Waals surface area contributed by atoms with Crippen LogP contribution in [-0.4, -0.2) is 15.6 Å². The maximum absolute atomic E-state index is 5.49. The Bertz CT molecular complexity index is 256. The summed E-state index contributed by atoms with van der Waals surface area (Å²) in [4.78, 5) is 4.28. The third kappa shape index (κ3) is 3.12. The normalized spacial score (nSPS) is 13.1. The molecule has 4 heteroatoms. The predicted molar refractivity (Wildman–Crippen MR) is 57.5 cm³/mol. The second kappa shape index (κ2) is 5.78. The van der Waals surface area contributed by atoms with E-state index in [1.807, 2.05) is 24.0 Å². The van der Waals surface area contributed by atoms with Crippen LogP contribution in [0.15, 0.2) is 12.4 Å². The number of nitrogens with zero attached hydrogens (tertiary/aromatic N) is 2. The number of aromatic nitrogens is 2. The first-order valence-electron chi connectivity index (χ1n) is 5.20. The number of hydrogen-bond acceptors (Lipinski definition) is 3. The van der Waals surface area contributed by atoms with Crippen LogP contribution in [0.3, 0.4) is 0 Å². The number of hydrazine groups is 1. The average Bonchev–Trinajstić information content (AvgIpc) is 2.59. The molecule has 0 amide bonds. The Balaban J connectivity index is 2.44. The van der Waals surface area contributed by atoms with E-state index in [2.05, 4.69) is 17.3 Å². The van der Waals surface area contributed by atoms with Crippen molar-refractivity contribution >= 4 is 0 Å². The number of aryl methyl sites for hydroxylation is 1. The summed E-state index contributed by atoms with van der Waals surface area (Å²) in [6.45, 7) is 2.19. The molecule has 1 heterocycles. The first-order chi connectivity index (χ1) is 6.77. The fraction of sp³-hybridized carbons (Fsp3) is 0.700. The van der Waals surface area contributed by atoms with Gasteiger partial charge in [-0.25, -0.2) is 4.98 Å². The minimum absolute atomic E-state index is 0.344. The van der Waals surface area contributed by atoms with Gasteiger partial charge in [-0.1, -0.05) is 19.8 Å². The topological polar surface area (TPSA) is 55.9 Å². The maximum Gasteiger partial charge on any atom is 0.109 e. The molecule has 1 aromatic rings. The fourth-order valence-electron chi connectivity index (χ4n) is 1.51. The van der Waals surface area contributed by atoms with Crippen molar-refractivity contribution in [2.45, 2.75) is 38.6 Å². The van der Waals surface area contributed by atoms with Crippen molar-refractivity contribution < 1.29 is 0 Å². The Morgan fingerprint density at radius 1 is 1.64 bits per heavy atom. The average molecular weight is 196 g/mol. The van der Waals surface area contributed by atoms with E-state index >= 15 is 0 Å². The van der Waals surface area contributed by atoms with Gasteiger partial charge in [0.1, 0.15) is 5.82 Å². The van der Waals surface area contributed by atoms with Gasteiger partial charge in [-0.3, -0.25) is 11.3 Å². The summed E-state index contributed by atoms with van der Waals surface area (Å²) in [6, 6.07) is 0.344. The maximum atomic E-state index is 5.49. The molecule has 1 unspecified atom stereocenters. The molecule has 0 bridgehead atoms. The summed E-state index contributed by atoms with van der Waals surface area (Å²) >= 11 is 0. The van der Waals surface area contributed by atoms with Crippen molar-refractivity contribution in [1.82, 2.24) is 15.0 Å². The highest BCUT2D eigenvalue weighted by molar-refractivity contribution is 4.94. The summed E-state index contributed by atoms with van der Waals surface area (Å²) in [5.41, 5.74) is 2.85. The van der Waals surface area contributed by atoms with Gasteiger partial charge >= 0.3 is 0 Å². The Kier molecular flexibility index (Phi) is 4.62. The molecule has 0 radical (unpaired) electrons. The molecular formula is C10H20N4. The molecule has 1 rings (SSSR count). The molecule has 0 aliphatic carbocycles. The second-order valence-corrected chi connectivity index (χ2v) is 3.66. The number of nitrogens with one attached hydrogen (secondary N) is 1. The lowest BCUT2D eigenvalue weighted by Gasteiger charge is -2.14. The molecule has 4 nitrogen and oxygen atoms in total. The van der Waals surface area contributed by atoms with Crippen LogP contribution in [0, 0.1) is 0 Å². The zero-order chi connectivity index (χ0) is 10.4. The van der Waals surface area contributed by atoms with Gasteiger partial charge in [-0.05, 0) is 6.42 Å². The van der Waals surface area contributed by atoms with Crippen molar-refractivity contribution in [3.05, 3.63) is 18.2 Å². The van der Waals surface area contributed by atoms with E-state index in [1.165, 1.54) is 12.8 Å². The number of hydrogen-bond donors (Lipinski definition) is 2. The molecule has 0 fully saturated rings. The smallest absolute Gasteiger partial charge is 0.109 e. The van der Waals surface area contributed by atoms with Gasteiger partial charge in [0.25, 0.3) is 0 Å². The molecule has 0 aliphatic rings. The minimum Gasteiger partial charge on any atom is -0.338 e. The monoisotopic (exact) mass is 196 g/mol. The third-order valence-electron chi connectivity index (χ3n) is 2.49. The van der Waals surface area contributed by atoms with Gasteiger partial charge in [-0.15, -0.1) is 0 Å². The van der Waals surface area contributed by atoms with E-state index in [1.54, 1.807) is 0 Å². The highest BCUT2D eigenvalue weighted by Gasteiger charge is 2.09. The zero-order valence-electron chi connectivity index (χ0n) is 9.03. The van der Waals surface area contributed by atoms with Gasteiger partial charge in [0, 0.05) is 31.9 Å². The summed E-state index contributed by atoms with van der Waals surface area (Å²) < 4.78 is 2.04. The summed E-state index contributed by atoms with van der Waals surface area (Å²) in [5.74, 6) is 6.58. The summed E-state index contributed by atoms with van der Waals surface area (Å²) in [5, 5.41) is 0. The Morgan fingerprint density at radius 3 is 2.93 bits per heavy atom. The lowest BCUT2D eigenvalue weighted by molar-refractivity contribution is 0.461. The zero-order valence-corrected chi connectivity index (χ0v) is 9.03. The Labute approximate surface area is 85.5 Å². The van der Waals surface area contributed by atoms with Gasteiger partial charge < -0.3 is 4.57 Å². The quantitative estimate of drug-likeness (QED) is 0.527. The van der Waals surface area contributed by atoms with Crippen molar-refractivity contribution in [1.29, 1.82) is 0 Å². The van der Waals surface area contributed by atoms with Crippen molar-refractivity contribution in [2.24, 2.45) is 12.9 Å². The molecule has 0 saturated carbocycles. The fourth-order valence-corrected chi connectivity index (χ4v) is 1.51. The van der Waals surface area contributed by atoms with Crippen molar-refractivity contribution in [2.75, 3.05) is 0 Å². The Hall–Kier alpha value is -0.870. The van der Waals surface area contributed by atoms with Crippen molar-refractivity contribution in [3.63, 3.8) is 0 Å². The first-order valence-corrected chi connectivity index (χ1v) is 5.20. The molecule has 14 heavy (non-hydrogen) atoms. The van der Waals surface area contributed by atoms with Crippen LogP contribution < -0.4 is 11.3 Å². The summed E-state index contributed by atoms with van der Waals surface area (Å²) in [7, 11) is 2.01. The van der Waals surface area contributed by atoms with Crippen molar-refractivity contribution in [3.8, 4) is 0 Å². The minimum atomic E-state index is 0.344. The van der Waals surface area contributed by atoms with Gasteiger partial charge in [0.2, 0.25) is 0 Å². The molecule has 0 saturated heterocycles. The van der Waals surface area contributed by atoms with E-state index in [9.17, 15) is 0 Å². The largest absolute Gasteiger partial charge is 0.338 e. The van der Waals surface area contributed by atoms with Crippen LogP contribution in [0.25, 0.3) is 0 Å². The van der Waals surface area contributed by atoms with Gasteiger partial charge in [-0.2, -0.15) is 0 Å². The molecule has 3 N–H and O–H groups in total. The van der Waals surface area contributed by atoms with Crippen LogP contribution in [0.5, 0.6) is 0 Å². The van der Waals surface area contributed by atoms with Crippen LogP contribution in [-0.2, 0) is 13.5 Å². The second-order valence-electron chi connectivity index (χ2n) is 3.66. The highest BCUT2D eigenvalue weighted by Crippen LogP contribution is 2.06. The first kappa shape index (κ1) is 11.2. The number of imidazole rings is 1. The molecule has 80 valence electrons. The summed E-state index contributed by atoms with van der Waals surface area (Å²) in [6.07, 6.45) is 8.21. The molecule has 0 spiro atoms. The molecule has 1 atom stereocenters. The lowest BCUT2D eigenvalue weighted by atomic mass is 10.1. The third-order valence-corrected chi connectivity index (χ3v) is 2.49. The van der Waals surface area contributed by atoms with Crippen LogP contribution in [0.1, 0.15) is 32.0 Å². The van der Waals surface area contributed by atoms with E-state index in [4.69, 9.17) is 5.84 Å². The van der Waals surface area contributed by atoms with E-state index in [0.29, 0.717) is 6.04 Å². The number of rotatable bonds is 6. The molecule has 1 aromatic heterocycles.